The molecular formula is C15H16ClNO4S. The number of halogens is 1. The van der Waals surface area contributed by atoms with Gasteiger partial charge in [0.2, 0.25) is 0 Å². The monoisotopic (exact) mass is 341 g/mol. The highest BCUT2D eigenvalue weighted by atomic mass is 35.5. The lowest BCUT2D eigenvalue weighted by Gasteiger charge is -2.14. The van der Waals surface area contributed by atoms with E-state index in [0.29, 0.717) is 16.5 Å². The summed E-state index contributed by atoms with van der Waals surface area (Å²) < 4.78 is 37.9. The molecule has 5 nitrogen and oxygen atoms in total. The van der Waals surface area contributed by atoms with E-state index in [-0.39, 0.29) is 10.6 Å². The Morgan fingerprint density at radius 2 is 1.77 bits per heavy atom. The average molecular weight is 342 g/mol. The summed E-state index contributed by atoms with van der Waals surface area (Å²) in [5.74, 6) is 0.710. The van der Waals surface area contributed by atoms with Crippen LogP contribution in [0.25, 0.3) is 0 Å². The number of methoxy groups -OCH3 is 2. The molecule has 2 aromatic carbocycles. The first-order valence-electron chi connectivity index (χ1n) is 6.38. The Morgan fingerprint density at radius 1 is 1.05 bits per heavy atom. The molecule has 22 heavy (non-hydrogen) atoms. The quantitative estimate of drug-likeness (QED) is 0.904. The summed E-state index contributed by atoms with van der Waals surface area (Å²) in [4.78, 5) is 0.0233. The van der Waals surface area contributed by atoms with Crippen molar-refractivity contribution in [3.8, 4) is 11.5 Å². The van der Waals surface area contributed by atoms with Gasteiger partial charge in [0, 0.05) is 11.1 Å². The van der Waals surface area contributed by atoms with Crippen molar-refractivity contribution in [1.29, 1.82) is 0 Å². The Bertz CT molecular complexity index is 790. The Hall–Kier alpha value is -1.92. The number of anilines is 1. The number of nitrogens with one attached hydrogen (secondary N) is 1. The highest BCUT2D eigenvalue weighted by molar-refractivity contribution is 7.92. The number of rotatable bonds is 5. The van der Waals surface area contributed by atoms with E-state index in [2.05, 4.69) is 4.72 Å². The molecule has 0 amide bonds. The fourth-order valence-corrected chi connectivity index (χ4v) is 3.35. The van der Waals surface area contributed by atoms with Gasteiger partial charge in [-0.25, -0.2) is 8.42 Å². The summed E-state index contributed by atoms with van der Waals surface area (Å²) >= 11 is 5.91. The Kier molecular flexibility index (Phi) is 4.83. The van der Waals surface area contributed by atoms with E-state index >= 15 is 0 Å². The molecule has 0 spiro atoms. The second-order valence-electron chi connectivity index (χ2n) is 4.58. The fraction of sp³-hybridized carbons (Fsp3) is 0.200. The molecule has 0 unspecified atom stereocenters. The Labute approximate surface area is 134 Å². The van der Waals surface area contributed by atoms with Gasteiger partial charge in [-0.1, -0.05) is 17.7 Å². The maximum Gasteiger partial charge on any atom is 0.265 e. The molecule has 2 aromatic rings. The van der Waals surface area contributed by atoms with Crippen LogP contribution in [0.1, 0.15) is 5.56 Å². The van der Waals surface area contributed by atoms with Gasteiger partial charge in [0.15, 0.2) is 0 Å². The van der Waals surface area contributed by atoms with Gasteiger partial charge in [-0.3, -0.25) is 4.72 Å². The molecule has 0 heterocycles. The predicted octanol–water partition coefficient (Wildman–Crippen LogP) is 3.47. The van der Waals surface area contributed by atoms with Crippen molar-refractivity contribution in [2.24, 2.45) is 0 Å². The molecule has 0 aliphatic carbocycles. The van der Waals surface area contributed by atoms with E-state index in [1.54, 1.807) is 31.2 Å². The third-order valence-electron chi connectivity index (χ3n) is 3.10. The highest BCUT2D eigenvalue weighted by Gasteiger charge is 2.21. The van der Waals surface area contributed by atoms with Crippen molar-refractivity contribution < 1.29 is 17.9 Å². The number of benzene rings is 2. The van der Waals surface area contributed by atoms with Crippen molar-refractivity contribution in [3.63, 3.8) is 0 Å². The summed E-state index contributed by atoms with van der Waals surface area (Å²) in [5, 5.41) is 0.449. The number of aryl methyl sites for hydroxylation is 1. The fourth-order valence-electron chi connectivity index (χ4n) is 1.90. The van der Waals surface area contributed by atoms with Gasteiger partial charge in [-0.15, -0.1) is 0 Å². The Balaban J connectivity index is 2.44. The van der Waals surface area contributed by atoms with E-state index in [0.717, 1.165) is 5.56 Å². The number of ether oxygens (including phenoxy) is 2. The SMILES string of the molecule is COc1ccc(S(=O)(=O)Nc2cc(Cl)ccc2C)c(OC)c1. The van der Waals surface area contributed by atoms with Crippen LogP contribution in [-0.4, -0.2) is 22.6 Å². The van der Waals surface area contributed by atoms with Gasteiger partial charge >= 0.3 is 0 Å². The highest BCUT2D eigenvalue weighted by Crippen LogP contribution is 2.31. The summed E-state index contributed by atoms with van der Waals surface area (Å²) in [7, 11) is -0.912. The van der Waals surface area contributed by atoms with Gasteiger partial charge in [-0.05, 0) is 36.8 Å². The first-order chi connectivity index (χ1) is 10.4. The van der Waals surface area contributed by atoms with Crippen LogP contribution < -0.4 is 14.2 Å². The molecule has 0 aliphatic heterocycles. The average Bonchev–Trinajstić information content (AvgIpc) is 2.50. The van der Waals surface area contributed by atoms with E-state index < -0.39 is 10.0 Å². The van der Waals surface area contributed by atoms with Crippen LogP contribution in [0.2, 0.25) is 5.02 Å². The zero-order valence-electron chi connectivity index (χ0n) is 12.4. The standard InChI is InChI=1S/C15H16ClNO4S/c1-10-4-5-11(16)8-13(10)17-22(18,19)15-7-6-12(20-2)9-14(15)21-3/h4-9,17H,1-3H3. The van der Waals surface area contributed by atoms with Gasteiger partial charge in [0.1, 0.15) is 16.4 Å². The second kappa shape index (κ2) is 6.46. The molecule has 0 saturated carbocycles. The maximum atomic E-state index is 12.6. The normalized spacial score (nSPS) is 11.1. The van der Waals surface area contributed by atoms with Gasteiger partial charge in [0.25, 0.3) is 10.0 Å². The molecule has 1 N–H and O–H groups in total. The molecule has 7 heteroatoms. The van der Waals surface area contributed by atoms with Crippen molar-refractivity contribution >= 4 is 27.3 Å². The third kappa shape index (κ3) is 3.45. The topological polar surface area (TPSA) is 64.6 Å². The molecule has 0 aromatic heterocycles. The van der Waals surface area contributed by atoms with Crippen molar-refractivity contribution in [2.75, 3.05) is 18.9 Å². The molecule has 2 rings (SSSR count). The molecule has 0 radical (unpaired) electrons. The van der Waals surface area contributed by atoms with E-state index in [1.807, 2.05) is 0 Å². The van der Waals surface area contributed by atoms with E-state index in [4.69, 9.17) is 21.1 Å². The summed E-state index contributed by atoms with van der Waals surface area (Å²) in [5.41, 5.74) is 1.19. The van der Waals surface area contributed by atoms with Crippen molar-refractivity contribution in [2.45, 2.75) is 11.8 Å². The zero-order valence-corrected chi connectivity index (χ0v) is 14.0. The van der Waals surface area contributed by atoms with Gasteiger partial charge in [0.05, 0.1) is 19.9 Å². The zero-order chi connectivity index (χ0) is 16.3. The van der Waals surface area contributed by atoms with E-state index in [1.165, 1.54) is 26.4 Å². The van der Waals surface area contributed by atoms with Crippen LogP contribution in [0, 0.1) is 6.92 Å². The van der Waals surface area contributed by atoms with Gasteiger partial charge in [-0.2, -0.15) is 0 Å². The molecule has 0 fully saturated rings. The van der Waals surface area contributed by atoms with Crippen LogP contribution in [0.3, 0.4) is 0 Å². The third-order valence-corrected chi connectivity index (χ3v) is 4.74. The minimum atomic E-state index is -3.81. The minimum Gasteiger partial charge on any atom is -0.497 e. The molecule has 0 bridgehead atoms. The summed E-state index contributed by atoms with van der Waals surface area (Å²) in [6, 6.07) is 9.50. The lowest BCUT2D eigenvalue weighted by Crippen LogP contribution is -2.15. The van der Waals surface area contributed by atoms with Crippen molar-refractivity contribution in [3.05, 3.63) is 47.0 Å². The number of sulfonamides is 1. The smallest absolute Gasteiger partial charge is 0.265 e. The van der Waals surface area contributed by atoms with Gasteiger partial charge < -0.3 is 9.47 Å². The summed E-state index contributed by atoms with van der Waals surface area (Å²) in [6.45, 7) is 1.79. The van der Waals surface area contributed by atoms with Crippen LogP contribution in [0.4, 0.5) is 5.69 Å². The molecular weight excluding hydrogens is 326 g/mol. The summed E-state index contributed by atoms with van der Waals surface area (Å²) in [6.07, 6.45) is 0. The first-order valence-corrected chi connectivity index (χ1v) is 8.24. The Morgan fingerprint density at radius 3 is 2.41 bits per heavy atom. The van der Waals surface area contributed by atoms with Crippen LogP contribution in [-0.2, 0) is 10.0 Å². The van der Waals surface area contributed by atoms with Crippen LogP contribution in [0.15, 0.2) is 41.3 Å². The van der Waals surface area contributed by atoms with E-state index in [9.17, 15) is 8.42 Å². The first kappa shape index (κ1) is 16.5. The predicted molar refractivity (Wildman–Crippen MR) is 86.5 cm³/mol. The minimum absolute atomic E-state index is 0.0233. The molecule has 0 saturated heterocycles. The van der Waals surface area contributed by atoms with Crippen LogP contribution in [0.5, 0.6) is 11.5 Å². The largest absolute Gasteiger partial charge is 0.497 e. The number of hydrogen-bond donors (Lipinski definition) is 1. The lowest BCUT2D eigenvalue weighted by molar-refractivity contribution is 0.386. The van der Waals surface area contributed by atoms with Crippen LogP contribution >= 0.6 is 11.6 Å². The second-order valence-corrected chi connectivity index (χ2v) is 6.67. The maximum absolute atomic E-state index is 12.6. The molecule has 118 valence electrons. The molecule has 0 atom stereocenters. The lowest BCUT2D eigenvalue weighted by atomic mass is 10.2. The number of hydrogen-bond acceptors (Lipinski definition) is 4. The van der Waals surface area contributed by atoms with Crippen molar-refractivity contribution in [1.82, 2.24) is 0 Å². The molecule has 0 aliphatic rings.